The van der Waals surface area contributed by atoms with Crippen molar-refractivity contribution in [1.82, 2.24) is 47.9 Å². The van der Waals surface area contributed by atoms with Gasteiger partial charge in [-0.25, -0.2) is 4.79 Å². The Bertz CT molecular complexity index is 5790. The number of aromatic hydroxyl groups is 3. The predicted octanol–water partition coefficient (Wildman–Crippen LogP) is 4.10. The first kappa shape index (κ1) is 103. The third-order valence-corrected chi connectivity index (χ3v) is 25.6. The normalized spacial score (nSPS) is 28.3. The summed E-state index contributed by atoms with van der Waals surface area (Å²) < 4.78 is 59.4. The SMILES string of the molecule is CNC(CC(C)C)C(=O)NC1C(=O)NC(CC(N)=O)C(=O)NC2C(=O)NC3C(=O)NC(C(=O)N[C@@H](C(=O)O)c4cc(O)cc(O)c4-c4cc3ccc4O)[C@H](OC3C[C@](C)(N)C(O)C(C)O3)c3ccc(c(Cl)c3)Oc3cc2cc(c3OC2OC(COC(=O)C(C)(C)CC(=O)NC(O)C=O)C(O)C(O)C2OC2C[C@@](C)(NCc3ccc(-c4ccc(Cl)cc4)cc3)C(O)C(C)O2)Oc2ccc(cc2Cl)[C@@H]1O. The van der Waals surface area contributed by atoms with E-state index in [2.05, 4.69) is 42.5 Å². The molecule has 15 rings (SSSR count). The lowest BCUT2D eigenvalue weighted by Crippen LogP contribution is -2.65. The molecule has 44 heteroatoms. The van der Waals surface area contributed by atoms with E-state index in [4.69, 9.17) is 88.9 Å². The number of carbonyl (C=O) groups is 11. The molecular weight excluding hydrogens is 1870 g/mol. The van der Waals surface area contributed by atoms with Crippen LogP contribution in [0.5, 0.6) is 46.0 Å². The Kier molecular flexibility index (Phi) is 32.1. The van der Waals surface area contributed by atoms with E-state index >= 15 is 24.0 Å². The Balaban J connectivity index is 1.04. The lowest BCUT2D eigenvalue weighted by atomic mass is 9.84. The number of hydrogen-bond acceptors (Lipinski definition) is 32. The number of carboxylic acids is 1. The van der Waals surface area contributed by atoms with E-state index in [0.29, 0.717) is 5.02 Å². The van der Waals surface area contributed by atoms with Gasteiger partial charge in [0.05, 0.1) is 52.3 Å². The number of ether oxygens (including phenoxy) is 9. The molecule has 11 bridgehead atoms. The average Bonchev–Trinajstić information content (AvgIpc) is 0.779. The Morgan fingerprint density at radius 1 is 0.659 bits per heavy atom. The van der Waals surface area contributed by atoms with E-state index in [0.717, 1.165) is 83.4 Å². The molecule has 41 nitrogen and oxygen atoms in total. The minimum absolute atomic E-state index is 0.0191. The minimum Gasteiger partial charge on any atom is -0.508 e. The van der Waals surface area contributed by atoms with E-state index in [-0.39, 0.29) is 42.7 Å². The third-order valence-electron chi connectivity index (χ3n) is 24.7. The number of benzene rings is 7. The molecule has 0 saturated carbocycles. The van der Waals surface area contributed by atoms with Crippen molar-refractivity contribution in [2.24, 2.45) is 22.8 Å². The molecule has 7 aromatic rings. The van der Waals surface area contributed by atoms with Crippen molar-refractivity contribution in [3.8, 4) is 68.2 Å². The van der Waals surface area contributed by atoms with Gasteiger partial charge >= 0.3 is 11.9 Å². The highest BCUT2D eigenvalue weighted by Crippen LogP contribution is 2.51. The summed E-state index contributed by atoms with van der Waals surface area (Å²) in [4.78, 5) is 161. The van der Waals surface area contributed by atoms with Crippen LogP contribution in [-0.2, 0) is 87.7 Å². The highest BCUT2D eigenvalue weighted by molar-refractivity contribution is 6.32. The van der Waals surface area contributed by atoms with Crippen molar-refractivity contribution in [1.29, 1.82) is 0 Å². The number of aliphatic hydroxyl groups excluding tert-OH is 6. The van der Waals surface area contributed by atoms with Crippen molar-refractivity contribution in [2.75, 3.05) is 13.7 Å². The summed E-state index contributed by atoms with van der Waals surface area (Å²) in [5, 5.41) is 141. The predicted molar refractivity (Wildman–Crippen MR) is 488 cm³/mol. The molecule has 0 spiro atoms. The first-order valence-electron chi connectivity index (χ1n) is 44.0. The Hall–Kier alpha value is -12.0. The minimum atomic E-state index is -2.48. The number of aliphatic hydroxyl groups is 6. The standard InChI is InChI=1S/C94H108Cl3N11O30/c1-39(2)24-55(100-9)83(121)107-73-75(116)46-17-22-59(53(96)26-46)133-61-28-48-29-62(79(61)138-90-80(77(118)76(117)63(135-90)38-130-91(129)92(5,6)33-65(114)103-66(115)37-109)137-68-35-94(8,82(120)41(4)132-68)101-36-42-10-12-43(13-11-42)44-14-19-49(95)20-15-44)134-60-23-18-47(27-54(60)97)78(136-67-34-93(7,99)81(119)40(3)131-67)74-88(126)106-72(89(127)128)52-30-50(110)31-58(112)69(52)51-25-45(16-21-57(51)111)70(85(123)108-74)105-86(124)71(48)104-84(122)56(32-64(98)113)102-87(73)125/h10-23,25-31,37,39-41,55-56,63,66-68,70-78,80-82,90,100-101,110-112,115-120H,24,32-36,38,99H2,1-9H3,(H2,98,113)(H,102,125)(H,103,114)(H,104,122)(H,105,124)(H,106,126)(H,107,121)(H,108,123)(H,127,128)/t40?,41?,55?,56?,63?,66?,67?,68?,70?,71?,72-,73?,74?,75+,76?,77?,78-,80?,81?,82?,90?,93+,94-/m1/s1. The van der Waals surface area contributed by atoms with Crippen LogP contribution in [0.15, 0.2) is 127 Å². The highest BCUT2D eigenvalue weighted by Gasteiger charge is 2.54. The molecule has 23 N–H and O–H groups in total. The fourth-order valence-corrected chi connectivity index (χ4v) is 17.8. The fraction of sp³-hybridized carbons (Fsp3) is 0.436. The summed E-state index contributed by atoms with van der Waals surface area (Å²) in [6, 6.07) is 13.4. The van der Waals surface area contributed by atoms with Gasteiger partial charge in [0.1, 0.15) is 96.1 Å². The van der Waals surface area contributed by atoms with Gasteiger partial charge in [-0.1, -0.05) is 103 Å². The van der Waals surface area contributed by atoms with E-state index in [1.165, 1.54) is 53.8 Å². The number of aldehydes is 1. The molecule has 0 radical (unpaired) electrons. The molecule has 7 aromatic carbocycles. The number of primary amides is 1. The Morgan fingerprint density at radius 3 is 1.86 bits per heavy atom. The highest BCUT2D eigenvalue weighted by atomic mass is 35.5. The first-order chi connectivity index (χ1) is 65.1. The zero-order valence-electron chi connectivity index (χ0n) is 75.8. The van der Waals surface area contributed by atoms with Crippen LogP contribution >= 0.6 is 34.8 Å². The van der Waals surface area contributed by atoms with Crippen molar-refractivity contribution in [2.45, 2.75) is 234 Å². The number of nitrogens with two attached hydrogens (primary N) is 2. The van der Waals surface area contributed by atoms with Gasteiger partial charge in [0.15, 0.2) is 48.7 Å². The number of hydrogen-bond donors (Lipinski definition) is 21. The zero-order chi connectivity index (χ0) is 100. The van der Waals surface area contributed by atoms with E-state index in [1.54, 1.807) is 32.9 Å². The van der Waals surface area contributed by atoms with E-state index in [9.17, 15) is 79.8 Å². The number of carbonyl (C=O) groups excluding carboxylic acids is 10. The summed E-state index contributed by atoms with van der Waals surface area (Å²) in [6.07, 6.45) is -27.4. The van der Waals surface area contributed by atoms with Crippen LogP contribution in [-0.4, -0.2) is 239 Å². The van der Waals surface area contributed by atoms with Crippen LogP contribution in [0.1, 0.15) is 151 Å². The number of nitrogens with one attached hydrogen (secondary N) is 9. The summed E-state index contributed by atoms with van der Waals surface area (Å²) in [7, 11) is 1.46. The molecule has 0 aliphatic carbocycles. The van der Waals surface area contributed by atoms with Gasteiger partial charge in [-0.05, 0) is 167 Å². The zero-order valence-corrected chi connectivity index (χ0v) is 78.0. The molecule has 3 fully saturated rings. The van der Waals surface area contributed by atoms with Crippen molar-refractivity contribution in [3.63, 3.8) is 0 Å². The number of halogens is 3. The Morgan fingerprint density at radius 2 is 1.25 bits per heavy atom. The van der Waals surface area contributed by atoms with E-state index < -0.39 is 314 Å². The number of carboxylic acid groups (broad SMARTS) is 1. The average molecular weight is 1980 g/mol. The van der Waals surface area contributed by atoms with Gasteiger partial charge in [0.25, 0.3) is 0 Å². The lowest BCUT2D eigenvalue weighted by molar-refractivity contribution is -0.335. The molecule has 3 saturated heterocycles. The van der Waals surface area contributed by atoms with Gasteiger partial charge < -0.3 is 153 Å². The summed E-state index contributed by atoms with van der Waals surface area (Å²) in [6.45, 7) is 11.4. The quantitative estimate of drug-likeness (QED) is 0.0218. The number of esters is 1. The van der Waals surface area contributed by atoms with Gasteiger partial charge in [0.2, 0.25) is 59.3 Å². The Labute approximate surface area is 804 Å². The molecule has 740 valence electrons. The van der Waals surface area contributed by atoms with Crippen molar-refractivity contribution >= 4 is 100 Å². The van der Waals surface area contributed by atoms with Crippen LogP contribution in [0.4, 0.5) is 0 Å². The van der Waals surface area contributed by atoms with Crippen molar-refractivity contribution in [3.05, 3.63) is 176 Å². The smallest absolute Gasteiger partial charge is 0.330 e. The second kappa shape index (κ2) is 42.8. The number of phenolic OH excluding ortho intramolecular Hbond substituents is 3. The number of phenols is 3. The van der Waals surface area contributed by atoms with Crippen LogP contribution in [0.3, 0.4) is 0 Å². The number of fused-ring (bicyclic) bond motifs is 15. The van der Waals surface area contributed by atoms with Crippen molar-refractivity contribution < 1.29 is 146 Å². The third kappa shape index (κ3) is 23.4. The molecule has 138 heavy (non-hydrogen) atoms. The summed E-state index contributed by atoms with van der Waals surface area (Å²) >= 11 is 21.0. The lowest BCUT2D eigenvalue weighted by Gasteiger charge is -2.48. The van der Waals surface area contributed by atoms with Gasteiger partial charge in [-0.3, -0.25) is 47.9 Å². The summed E-state index contributed by atoms with van der Waals surface area (Å²) in [5.74, 6) is -19.2. The van der Waals surface area contributed by atoms with Crippen LogP contribution in [0, 0.1) is 11.3 Å². The van der Waals surface area contributed by atoms with Crippen LogP contribution in [0.25, 0.3) is 22.3 Å². The molecule has 18 unspecified atom stereocenters. The molecular formula is C94H108Cl3N11O30. The molecule has 8 amide bonds. The molecule has 0 aromatic heterocycles. The number of amides is 8. The largest absolute Gasteiger partial charge is 0.508 e. The number of aliphatic carboxylic acids is 1. The van der Waals surface area contributed by atoms with Gasteiger partial charge in [-0.2, -0.15) is 0 Å². The van der Waals surface area contributed by atoms with Crippen LogP contribution < -0.4 is 73.5 Å². The van der Waals surface area contributed by atoms with Gasteiger partial charge in [0, 0.05) is 64.7 Å². The molecule has 8 aliphatic heterocycles. The maximum Gasteiger partial charge on any atom is 0.330 e. The monoisotopic (exact) mass is 1980 g/mol. The molecule has 8 heterocycles. The summed E-state index contributed by atoms with van der Waals surface area (Å²) in [5.41, 5.74) is 7.29. The van der Waals surface area contributed by atoms with E-state index in [1.807, 2.05) is 41.7 Å². The first-order valence-corrected chi connectivity index (χ1v) is 45.1. The fourth-order valence-electron chi connectivity index (χ4n) is 17.2. The second-order valence-corrected chi connectivity index (χ2v) is 37.6. The topological polar surface area (TPSA) is 633 Å². The van der Waals surface area contributed by atoms with Gasteiger partial charge in [-0.15, -0.1) is 0 Å². The number of rotatable bonds is 25. The maximum atomic E-state index is 16.7. The van der Waals surface area contributed by atoms with Crippen LogP contribution in [0.2, 0.25) is 15.1 Å². The second-order valence-electron chi connectivity index (χ2n) is 36.3. The number of likely N-dealkylation sites (N-methyl/N-ethyl adjacent to an activating group) is 1. The molecule has 8 aliphatic rings. The molecule has 23 atom stereocenters. The maximum absolute atomic E-state index is 16.7.